The van der Waals surface area contributed by atoms with E-state index in [0.717, 1.165) is 39.2 Å². The molecular formula is C15H22N2O3. The molecule has 1 aliphatic heterocycles. The van der Waals surface area contributed by atoms with Crippen LogP contribution in [0.15, 0.2) is 24.3 Å². The molecule has 0 atom stereocenters. The summed E-state index contributed by atoms with van der Waals surface area (Å²) in [5.41, 5.74) is 2.54. The lowest BCUT2D eigenvalue weighted by atomic mass is 10.1. The van der Waals surface area contributed by atoms with Gasteiger partial charge in [-0.1, -0.05) is 18.2 Å². The van der Waals surface area contributed by atoms with Gasteiger partial charge in [0.25, 0.3) is 0 Å². The number of anilines is 1. The van der Waals surface area contributed by atoms with E-state index in [1.165, 1.54) is 11.3 Å². The normalized spacial score (nSPS) is 16.4. The average Bonchev–Trinajstić information content (AvgIpc) is 2.46. The number of benzene rings is 1. The van der Waals surface area contributed by atoms with Crippen LogP contribution in [0.2, 0.25) is 0 Å². The molecule has 0 radical (unpaired) electrons. The van der Waals surface area contributed by atoms with Gasteiger partial charge in [0, 0.05) is 39.0 Å². The van der Waals surface area contributed by atoms with Crippen LogP contribution in [0, 0.1) is 0 Å². The molecule has 1 aromatic carbocycles. The average molecular weight is 278 g/mol. The van der Waals surface area contributed by atoms with Crippen molar-refractivity contribution in [1.82, 2.24) is 4.90 Å². The fourth-order valence-electron chi connectivity index (χ4n) is 2.58. The number of hydrogen-bond acceptors (Lipinski definition) is 4. The van der Waals surface area contributed by atoms with Gasteiger partial charge in [0.2, 0.25) is 0 Å². The van der Waals surface area contributed by atoms with Crippen LogP contribution in [-0.2, 0) is 16.0 Å². The highest BCUT2D eigenvalue weighted by molar-refractivity contribution is 5.69. The Kier molecular flexibility index (Phi) is 5.38. The van der Waals surface area contributed by atoms with E-state index in [0.29, 0.717) is 0 Å². The zero-order valence-electron chi connectivity index (χ0n) is 11.9. The number of nitrogens with zero attached hydrogens (tertiary/aromatic N) is 2. The zero-order chi connectivity index (χ0) is 14.4. The lowest BCUT2D eigenvalue weighted by molar-refractivity contribution is -0.138. The van der Waals surface area contributed by atoms with Crippen molar-refractivity contribution in [3.05, 3.63) is 29.8 Å². The van der Waals surface area contributed by atoms with E-state index < -0.39 is 5.97 Å². The molecule has 1 N–H and O–H groups in total. The van der Waals surface area contributed by atoms with Crippen molar-refractivity contribution in [2.75, 3.05) is 51.3 Å². The number of para-hydroxylation sites is 1. The van der Waals surface area contributed by atoms with Crippen LogP contribution in [0.25, 0.3) is 0 Å². The van der Waals surface area contributed by atoms with Gasteiger partial charge in [-0.05, 0) is 18.1 Å². The summed E-state index contributed by atoms with van der Waals surface area (Å²) in [5.74, 6) is -0.751. The SMILES string of the molecule is COCCc1ccccc1N1CCN(CC(=O)O)CC1. The molecule has 0 amide bonds. The highest BCUT2D eigenvalue weighted by Crippen LogP contribution is 2.22. The zero-order valence-corrected chi connectivity index (χ0v) is 11.9. The molecule has 5 nitrogen and oxygen atoms in total. The monoisotopic (exact) mass is 278 g/mol. The molecule has 5 heteroatoms. The largest absolute Gasteiger partial charge is 0.480 e. The summed E-state index contributed by atoms with van der Waals surface area (Å²) in [5, 5.41) is 8.82. The Balaban J connectivity index is 1.97. The molecule has 0 unspecified atom stereocenters. The first-order valence-corrected chi connectivity index (χ1v) is 6.96. The fraction of sp³-hybridized carbons (Fsp3) is 0.533. The summed E-state index contributed by atoms with van der Waals surface area (Å²) in [6, 6.07) is 8.38. The van der Waals surface area contributed by atoms with E-state index in [1.807, 2.05) is 4.90 Å². The van der Waals surface area contributed by atoms with Gasteiger partial charge in [-0.25, -0.2) is 0 Å². The maximum absolute atomic E-state index is 10.7. The van der Waals surface area contributed by atoms with Gasteiger partial charge in [-0.15, -0.1) is 0 Å². The van der Waals surface area contributed by atoms with Crippen molar-refractivity contribution in [3.8, 4) is 0 Å². The number of carboxylic acids is 1. The predicted octanol–water partition coefficient (Wildman–Crippen LogP) is 1.08. The molecule has 1 heterocycles. The van der Waals surface area contributed by atoms with Crippen LogP contribution in [0.1, 0.15) is 5.56 Å². The number of carboxylic acid groups (broad SMARTS) is 1. The van der Waals surface area contributed by atoms with E-state index in [9.17, 15) is 4.79 Å². The van der Waals surface area contributed by atoms with Crippen molar-refractivity contribution in [3.63, 3.8) is 0 Å². The molecular weight excluding hydrogens is 256 g/mol. The van der Waals surface area contributed by atoms with Crippen LogP contribution in [-0.4, -0.2) is 62.4 Å². The number of methoxy groups -OCH3 is 1. The maximum Gasteiger partial charge on any atom is 0.317 e. The third-order valence-corrected chi connectivity index (χ3v) is 3.64. The quantitative estimate of drug-likeness (QED) is 0.844. The number of piperazine rings is 1. The van der Waals surface area contributed by atoms with Gasteiger partial charge in [0.15, 0.2) is 0 Å². The summed E-state index contributed by atoms with van der Waals surface area (Å²) in [6.07, 6.45) is 0.905. The number of carbonyl (C=O) groups is 1. The van der Waals surface area contributed by atoms with E-state index in [1.54, 1.807) is 7.11 Å². The molecule has 20 heavy (non-hydrogen) atoms. The minimum Gasteiger partial charge on any atom is -0.480 e. The predicted molar refractivity (Wildman–Crippen MR) is 78.3 cm³/mol. The minimum absolute atomic E-state index is 0.138. The van der Waals surface area contributed by atoms with Crippen molar-refractivity contribution < 1.29 is 14.6 Å². The lowest BCUT2D eigenvalue weighted by Gasteiger charge is -2.36. The maximum atomic E-state index is 10.7. The summed E-state index contributed by atoms with van der Waals surface area (Å²) in [4.78, 5) is 15.0. The summed E-state index contributed by atoms with van der Waals surface area (Å²) in [6.45, 7) is 4.19. The third kappa shape index (κ3) is 3.95. The van der Waals surface area contributed by atoms with Crippen LogP contribution >= 0.6 is 0 Å². The number of hydrogen-bond donors (Lipinski definition) is 1. The minimum atomic E-state index is -0.751. The smallest absolute Gasteiger partial charge is 0.317 e. The first-order valence-electron chi connectivity index (χ1n) is 6.96. The Labute approximate surface area is 119 Å². The summed E-state index contributed by atoms with van der Waals surface area (Å²) >= 11 is 0. The standard InChI is InChI=1S/C15H22N2O3/c1-20-11-6-13-4-2-3-5-14(13)17-9-7-16(8-10-17)12-15(18)19/h2-5H,6-12H2,1H3,(H,18,19). The van der Waals surface area contributed by atoms with Crippen molar-refractivity contribution in [2.45, 2.75) is 6.42 Å². The van der Waals surface area contributed by atoms with Crippen LogP contribution in [0.4, 0.5) is 5.69 Å². The van der Waals surface area contributed by atoms with Gasteiger partial charge in [0.1, 0.15) is 0 Å². The van der Waals surface area contributed by atoms with Gasteiger partial charge < -0.3 is 14.7 Å². The molecule has 110 valence electrons. The molecule has 1 fully saturated rings. The molecule has 1 saturated heterocycles. The number of ether oxygens (including phenoxy) is 1. The molecule has 0 saturated carbocycles. The van der Waals surface area contributed by atoms with Gasteiger partial charge in [-0.3, -0.25) is 9.69 Å². The fourth-order valence-corrected chi connectivity index (χ4v) is 2.58. The Morgan fingerprint density at radius 1 is 1.25 bits per heavy atom. The van der Waals surface area contributed by atoms with E-state index in [2.05, 4.69) is 29.2 Å². The van der Waals surface area contributed by atoms with E-state index in [-0.39, 0.29) is 6.54 Å². The van der Waals surface area contributed by atoms with Crippen molar-refractivity contribution in [1.29, 1.82) is 0 Å². The van der Waals surface area contributed by atoms with Crippen molar-refractivity contribution >= 4 is 11.7 Å². The van der Waals surface area contributed by atoms with E-state index >= 15 is 0 Å². The Bertz CT molecular complexity index is 442. The highest BCUT2D eigenvalue weighted by Gasteiger charge is 2.20. The van der Waals surface area contributed by atoms with Crippen LogP contribution in [0.5, 0.6) is 0 Å². The van der Waals surface area contributed by atoms with Crippen molar-refractivity contribution in [2.24, 2.45) is 0 Å². The molecule has 0 bridgehead atoms. The second-order valence-corrected chi connectivity index (χ2v) is 5.03. The van der Waals surface area contributed by atoms with Gasteiger partial charge in [-0.2, -0.15) is 0 Å². The Hall–Kier alpha value is -1.59. The van der Waals surface area contributed by atoms with Gasteiger partial charge in [0.05, 0.1) is 13.2 Å². The first kappa shape index (κ1) is 14.8. The number of rotatable bonds is 6. The highest BCUT2D eigenvalue weighted by atomic mass is 16.5. The van der Waals surface area contributed by atoms with Gasteiger partial charge >= 0.3 is 5.97 Å². The van der Waals surface area contributed by atoms with Crippen LogP contribution in [0.3, 0.4) is 0 Å². The summed E-state index contributed by atoms with van der Waals surface area (Å²) in [7, 11) is 1.72. The molecule has 0 spiro atoms. The lowest BCUT2D eigenvalue weighted by Crippen LogP contribution is -2.48. The first-order chi connectivity index (χ1) is 9.70. The summed E-state index contributed by atoms with van der Waals surface area (Å²) < 4.78 is 5.16. The molecule has 1 aliphatic rings. The number of aliphatic carboxylic acids is 1. The van der Waals surface area contributed by atoms with E-state index in [4.69, 9.17) is 9.84 Å². The van der Waals surface area contributed by atoms with Crippen LogP contribution < -0.4 is 4.90 Å². The Morgan fingerprint density at radius 2 is 1.95 bits per heavy atom. The molecule has 0 aliphatic carbocycles. The topological polar surface area (TPSA) is 53.0 Å². The Morgan fingerprint density at radius 3 is 2.60 bits per heavy atom. The molecule has 0 aromatic heterocycles. The third-order valence-electron chi connectivity index (χ3n) is 3.64. The second-order valence-electron chi connectivity index (χ2n) is 5.03. The molecule has 1 aromatic rings. The molecule has 2 rings (SSSR count). The second kappa shape index (κ2) is 7.26.